The number of carbonyl (C=O) groups excluding carboxylic acids is 2. The van der Waals surface area contributed by atoms with Crippen molar-refractivity contribution in [3.05, 3.63) is 93.5 Å². The number of phenolic OH excluding ortho intramolecular Hbond substituents is 1. The van der Waals surface area contributed by atoms with Crippen molar-refractivity contribution >= 4 is 34.7 Å². The average Bonchev–Trinajstić information content (AvgIpc) is 3.05. The summed E-state index contributed by atoms with van der Waals surface area (Å²) in [5.41, 5.74) is 2.86. The van der Waals surface area contributed by atoms with Gasteiger partial charge in [0, 0.05) is 16.3 Å². The second kappa shape index (κ2) is 8.64. The predicted molar refractivity (Wildman–Crippen MR) is 127 cm³/mol. The lowest BCUT2D eigenvalue weighted by Crippen LogP contribution is -2.29. The smallest absolute Gasteiger partial charge is 0.300 e. The monoisotopic (exact) mass is 463 g/mol. The van der Waals surface area contributed by atoms with Gasteiger partial charge >= 0.3 is 0 Å². The Kier molecular flexibility index (Phi) is 5.87. The van der Waals surface area contributed by atoms with E-state index in [2.05, 4.69) is 0 Å². The predicted octanol–water partition coefficient (Wildman–Crippen LogP) is 5.30. The van der Waals surface area contributed by atoms with Crippen LogP contribution in [0.15, 0.2) is 66.2 Å². The molecule has 3 aromatic carbocycles. The number of carbonyl (C=O) groups is 2. The van der Waals surface area contributed by atoms with Crippen LogP contribution in [0.5, 0.6) is 11.5 Å². The Bertz CT molecular complexity index is 1310. The number of hydrogen-bond acceptors (Lipinski definition) is 5. The molecule has 7 heteroatoms. The fourth-order valence-electron chi connectivity index (χ4n) is 4.05. The number of Topliss-reactive ketones (excluding diaryl/α,β-unsaturated/α-hetero) is 1. The molecule has 1 heterocycles. The number of phenols is 1. The van der Waals surface area contributed by atoms with E-state index in [1.54, 1.807) is 42.5 Å². The molecule has 1 saturated heterocycles. The van der Waals surface area contributed by atoms with Gasteiger partial charge in [0.15, 0.2) is 11.5 Å². The molecule has 1 unspecified atom stereocenters. The Morgan fingerprint density at radius 2 is 1.79 bits per heavy atom. The molecule has 0 radical (unpaired) electrons. The highest BCUT2D eigenvalue weighted by Crippen LogP contribution is 2.44. The zero-order valence-electron chi connectivity index (χ0n) is 18.3. The highest BCUT2D eigenvalue weighted by atomic mass is 35.5. The van der Waals surface area contributed by atoms with Crippen molar-refractivity contribution in [2.45, 2.75) is 19.9 Å². The number of methoxy groups -OCH3 is 1. The molecule has 1 aliphatic heterocycles. The van der Waals surface area contributed by atoms with Gasteiger partial charge in [0.05, 0.1) is 18.7 Å². The van der Waals surface area contributed by atoms with Crippen molar-refractivity contribution in [3.63, 3.8) is 0 Å². The first kappa shape index (κ1) is 22.4. The summed E-state index contributed by atoms with van der Waals surface area (Å²) in [5.74, 6) is -1.82. The third kappa shape index (κ3) is 3.94. The third-order valence-electron chi connectivity index (χ3n) is 5.70. The molecule has 1 fully saturated rings. The number of nitrogens with zero attached hydrogens (tertiary/aromatic N) is 1. The minimum atomic E-state index is -0.986. The number of anilines is 1. The maximum Gasteiger partial charge on any atom is 0.300 e. The standard InChI is InChI=1S/C26H22ClNO5/c1-14-7-8-15(2)19(11-14)24(30)22-23(16-9-10-21(33-3)20(29)12-16)28(26(32)25(22)31)18-6-4-5-17(27)13-18/h4-13,23,29-30H,1-3H3/b24-22+. The number of aryl methyl sites for hydroxylation is 2. The van der Waals surface area contributed by atoms with Crippen LogP contribution in [0, 0.1) is 13.8 Å². The van der Waals surface area contributed by atoms with E-state index in [1.807, 2.05) is 26.0 Å². The summed E-state index contributed by atoms with van der Waals surface area (Å²) >= 11 is 6.16. The molecule has 0 spiro atoms. The average molecular weight is 464 g/mol. The minimum Gasteiger partial charge on any atom is -0.507 e. The van der Waals surface area contributed by atoms with Crippen LogP contribution in [-0.4, -0.2) is 29.0 Å². The number of amides is 1. The summed E-state index contributed by atoms with van der Waals surface area (Å²) in [5, 5.41) is 22.1. The Labute approximate surface area is 196 Å². The van der Waals surface area contributed by atoms with Gasteiger partial charge in [-0.15, -0.1) is 0 Å². The fraction of sp³-hybridized carbons (Fsp3) is 0.154. The number of ketones is 1. The first-order valence-corrected chi connectivity index (χ1v) is 10.6. The van der Waals surface area contributed by atoms with Crippen LogP contribution < -0.4 is 9.64 Å². The Balaban J connectivity index is 2.00. The van der Waals surface area contributed by atoms with Crippen molar-refractivity contribution in [1.82, 2.24) is 0 Å². The van der Waals surface area contributed by atoms with Gasteiger partial charge in [0.2, 0.25) is 0 Å². The van der Waals surface area contributed by atoms with Gasteiger partial charge in [0.1, 0.15) is 5.76 Å². The maximum atomic E-state index is 13.2. The molecule has 0 saturated carbocycles. The first-order valence-electron chi connectivity index (χ1n) is 10.2. The normalized spacial score (nSPS) is 17.5. The van der Waals surface area contributed by atoms with Crippen molar-refractivity contribution in [2.24, 2.45) is 0 Å². The fourth-order valence-corrected chi connectivity index (χ4v) is 4.24. The number of hydrogen-bond donors (Lipinski definition) is 2. The number of benzene rings is 3. The van der Waals surface area contributed by atoms with E-state index in [-0.39, 0.29) is 22.8 Å². The number of aliphatic hydroxyl groups excluding tert-OH is 1. The van der Waals surface area contributed by atoms with Gasteiger partial charge in [-0.05, 0) is 61.4 Å². The molecule has 0 aliphatic carbocycles. The van der Waals surface area contributed by atoms with Crippen molar-refractivity contribution in [2.75, 3.05) is 12.0 Å². The van der Waals surface area contributed by atoms with Crippen LogP contribution >= 0.6 is 11.6 Å². The zero-order valence-corrected chi connectivity index (χ0v) is 19.1. The van der Waals surface area contributed by atoms with Crippen LogP contribution in [0.25, 0.3) is 5.76 Å². The molecule has 33 heavy (non-hydrogen) atoms. The lowest BCUT2D eigenvalue weighted by atomic mass is 9.93. The van der Waals surface area contributed by atoms with Gasteiger partial charge in [-0.25, -0.2) is 0 Å². The summed E-state index contributed by atoms with van der Waals surface area (Å²) < 4.78 is 5.13. The van der Waals surface area contributed by atoms with Crippen LogP contribution in [0.1, 0.15) is 28.3 Å². The highest BCUT2D eigenvalue weighted by molar-refractivity contribution is 6.51. The van der Waals surface area contributed by atoms with Gasteiger partial charge in [0.25, 0.3) is 11.7 Å². The number of aromatic hydroxyl groups is 1. The summed E-state index contributed by atoms with van der Waals surface area (Å²) in [6, 6.07) is 15.7. The van der Waals surface area contributed by atoms with E-state index < -0.39 is 17.7 Å². The second-order valence-corrected chi connectivity index (χ2v) is 8.34. The number of aliphatic hydroxyl groups is 1. The molecule has 4 rings (SSSR count). The van der Waals surface area contributed by atoms with Crippen molar-refractivity contribution in [3.8, 4) is 11.5 Å². The van der Waals surface area contributed by atoms with Crippen LogP contribution in [0.3, 0.4) is 0 Å². The van der Waals surface area contributed by atoms with E-state index in [9.17, 15) is 19.8 Å². The number of ether oxygens (including phenoxy) is 1. The summed E-state index contributed by atoms with van der Waals surface area (Å²) in [4.78, 5) is 27.7. The minimum absolute atomic E-state index is 0.0711. The molecule has 2 N–H and O–H groups in total. The number of rotatable bonds is 4. The third-order valence-corrected chi connectivity index (χ3v) is 5.93. The quantitative estimate of drug-likeness (QED) is 0.311. The summed E-state index contributed by atoms with van der Waals surface area (Å²) in [6.45, 7) is 3.69. The molecule has 1 atom stereocenters. The van der Waals surface area contributed by atoms with E-state index in [1.165, 1.54) is 18.1 Å². The molecule has 168 valence electrons. The van der Waals surface area contributed by atoms with Crippen LogP contribution in [0.4, 0.5) is 5.69 Å². The van der Waals surface area contributed by atoms with Crippen LogP contribution in [0.2, 0.25) is 5.02 Å². The van der Waals surface area contributed by atoms with Gasteiger partial charge in [-0.2, -0.15) is 0 Å². The van der Waals surface area contributed by atoms with E-state index in [4.69, 9.17) is 16.3 Å². The van der Waals surface area contributed by atoms with E-state index >= 15 is 0 Å². The SMILES string of the molecule is COc1ccc(C2/C(=C(\O)c3cc(C)ccc3C)C(=O)C(=O)N2c2cccc(Cl)c2)cc1O. The molecule has 0 aromatic heterocycles. The van der Waals surface area contributed by atoms with Crippen molar-refractivity contribution < 1.29 is 24.5 Å². The lowest BCUT2D eigenvalue weighted by molar-refractivity contribution is -0.132. The summed E-state index contributed by atoms with van der Waals surface area (Å²) in [6.07, 6.45) is 0. The molecule has 0 bridgehead atoms. The van der Waals surface area contributed by atoms with Gasteiger partial charge in [-0.1, -0.05) is 41.4 Å². The molecule has 1 aliphatic rings. The molecule has 6 nitrogen and oxygen atoms in total. The largest absolute Gasteiger partial charge is 0.507 e. The Morgan fingerprint density at radius 3 is 2.45 bits per heavy atom. The van der Waals surface area contributed by atoms with E-state index in [0.29, 0.717) is 21.8 Å². The second-order valence-electron chi connectivity index (χ2n) is 7.90. The van der Waals surface area contributed by atoms with Crippen molar-refractivity contribution in [1.29, 1.82) is 0 Å². The molecule has 3 aromatic rings. The van der Waals surface area contributed by atoms with E-state index in [0.717, 1.165) is 11.1 Å². The van der Waals surface area contributed by atoms with Gasteiger partial charge in [-0.3, -0.25) is 14.5 Å². The first-order chi connectivity index (χ1) is 15.7. The molecular weight excluding hydrogens is 442 g/mol. The summed E-state index contributed by atoms with van der Waals surface area (Å²) in [7, 11) is 1.42. The molecule has 1 amide bonds. The topological polar surface area (TPSA) is 87.1 Å². The maximum absolute atomic E-state index is 13.2. The Hall–Kier alpha value is -3.77. The number of halogens is 1. The Morgan fingerprint density at radius 1 is 1.03 bits per heavy atom. The zero-order chi connectivity index (χ0) is 23.9. The lowest BCUT2D eigenvalue weighted by Gasteiger charge is -2.26. The highest BCUT2D eigenvalue weighted by Gasteiger charge is 2.47. The van der Waals surface area contributed by atoms with Crippen LogP contribution in [-0.2, 0) is 9.59 Å². The van der Waals surface area contributed by atoms with Gasteiger partial charge < -0.3 is 14.9 Å². The molecular formula is C26H22ClNO5.